The standard InChI is InChI=1S/C36H42N2O4/c1-4-6-16-31-30-18-17-28(23-32(30)38-21-12-15-27(22-25(3)39)29(5-2)33(31)38)34(40)37-36(19-10-11-20-36)35(41)42-24-26-13-8-7-9-14-26/h5,7-9,13-14,17-18,22-23,39H,2,4,6,10-12,15-16,19-21,24H2,1,3H3,(H,37,40)/b25-22+. The van der Waals surface area contributed by atoms with Crippen molar-refractivity contribution in [3.63, 3.8) is 0 Å². The average molecular weight is 567 g/mol. The monoisotopic (exact) mass is 566 g/mol. The largest absolute Gasteiger partial charge is 0.513 e. The maximum Gasteiger partial charge on any atom is 0.332 e. The first-order chi connectivity index (χ1) is 20.4. The molecule has 1 aromatic heterocycles. The molecule has 0 spiro atoms. The summed E-state index contributed by atoms with van der Waals surface area (Å²) in [6, 6.07) is 15.5. The predicted octanol–water partition coefficient (Wildman–Crippen LogP) is 7.97. The Kier molecular flexibility index (Phi) is 9.00. The van der Waals surface area contributed by atoms with E-state index >= 15 is 0 Å². The molecule has 5 rings (SSSR count). The number of hydrogen-bond acceptors (Lipinski definition) is 4. The Morgan fingerprint density at radius 2 is 1.88 bits per heavy atom. The number of allylic oxidation sites excluding steroid dienone is 5. The van der Waals surface area contributed by atoms with Crippen LogP contribution in [0, 0.1) is 0 Å². The van der Waals surface area contributed by atoms with E-state index in [1.54, 1.807) is 6.92 Å². The molecule has 42 heavy (non-hydrogen) atoms. The second kappa shape index (κ2) is 12.8. The smallest absolute Gasteiger partial charge is 0.332 e. The van der Waals surface area contributed by atoms with Gasteiger partial charge in [0.1, 0.15) is 12.1 Å². The Balaban J connectivity index is 1.49. The van der Waals surface area contributed by atoms with Gasteiger partial charge in [0.05, 0.1) is 11.5 Å². The van der Waals surface area contributed by atoms with Gasteiger partial charge >= 0.3 is 5.97 Å². The first-order valence-electron chi connectivity index (χ1n) is 15.3. The maximum atomic E-state index is 13.7. The van der Waals surface area contributed by atoms with Gasteiger partial charge in [-0.1, -0.05) is 75.2 Å². The van der Waals surface area contributed by atoms with Gasteiger partial charge in [0.2, 0.25) is 0 Å². The Morgan fingerprint density at radius 1 is 1.12 bits per heavy atom. The number of rotatable bonds is 10. The number of aliphatic hydroxyl groups excluding tert-OH is 1. The van der Waals surface area contributed by atoms with Crippen LogP contribution < -0.4 is 5.32 Å². The zero-order chi connectivity index (χ0) is 29.7. The molecular weight excluding hydrogens is 524 g/mol. The van der Waals surface area contributed by atoms with Crippen LogP contribution in [0.2, 0.25) is 0 Å². The van der Waals surface area contributed by atoms with Gasteiger partial charge in [0.25, 0.3) is 5.91 Å². The Hall–Kier alpha value is -4.06. The lowest BCUT2D eigenvalue weighted by atomic mass is 9.95. The fourth-order valence-corrected chi connectivity index (χ4v) is 6.56. The number of unbranched alkanes of at least 4 members (excludes halogenated alkanes) is 1. The highest BCUT2D eigenvalue weighted by Crippen LogP contribution is 2.39. The molecule has 1 amide bonds. The van der Waals surface area contributed by atoms with E-state index in [0.717, 1.165) is 84.8 Å². The number of carbonyl (C=O) groups excluding carboxylic acids is 2. The van der Waals surface area contributed by atoms with Gasteiger partial charge in [-0.25, -0.2) is 4.79 Å². The minimum absolute atomic E-state index is 0.187. The number of amides is 1. The molecule has 0 unspecified atom stereocenters. The molecule has 0 saturated heterocycles. The van der Waals surface area contributed by atoms with E-state index in [0.29, 0.717) is 18.4 Å². The molecule has 6 heteroatoms. The first-order valence-corrected chi connectivity index (χ1v) is 15.3. The molecule has 2 N–H and O–H groups in total. The highest BCUT2D eigenvalue weighted by molar-refractivity contribution is 6.02. The Bertz CT molecular complexity index is 1530. The maximum absolute atomic E-state index is 13.7. The molecule has 1 saturated carbocycles. The molecular formula is C36H42N2O4. The molecule has 2 aromatic carbocycles. The van der Waals surface area contributed by atoms with E-state index in [1.165, 1.54) is 5.56 Å². The van der Waals surface area contributed by atoms with Crippen LogP contribution in [-0.4, -0.2) is 27.1 Å². The van der Waals surface area contributed by atoms with Crippen molar-refractivity contribution in [2.45, 2.75) is 90.3 Å². The van der Waals surface area contributed by atoms with Crippen LogP contribution in [0.3, 0.4) is 0 Å². The summed E-state index contributed by atoms with van der Waals surface area (Å²) < 4.78 is 8.04. The molecule has 6 nitrogen and oxygen atoms in total. The quantitative estimate of drug-likeness (QED) is 0.193. The summed E-state index contributed by atoms with van der Waals surface area (Å²) in [6.07, 6.45) is 11.4. The number of carbonyl (C=O) groups is 2. The summed E-state index contributed by atoms with van der Waals surface area (Å²) in [5, 5.41) is 14.3. The fraction of sp³-hybridized carbons (Fsp3) is 0.389. The van der Waals surface area contributed by atoms with Gasteiger partial charge in [-0.15, -0.1) is 0 Å². The summed E-state index contributed by atoms with van der Waals surface area (Å²) in [5.74, 6) is -0.336. The third-order valence-corrected chi connectivity index (χ3v) is 8.64. The van der Waals surface area contributed by atoms with Crippen LogP contribution in [-0.2, 0) is 29.1 Å². The number of aromatic nitrogens is 1. The lowest BCUT2D eigenvalue weighted by Gasteiger charge is -2.28. The highest BCUT2D eigenvalue weighted by atomic mass is 16.5. The minimum atomic E-state index is -1.01. The summed E-state index contributed by atoms with van der Waals surface area (Å²) in [5.41, 5.74) is 5.98. The van der Waals surface area contributed by atoms with Crippen molar-refractivity contribution >= 4 is 28.4 Å². The number of aryl methyl sites for hydroxylation is 2. The number of fused-ring (bicyclic) bond motifs is 3. The summed E-state index contributed by atoms with van der Waals surface area (Å²) in [6.45, 7) is 9.03. The molecule has 1 aliphatic carbocycles. The van der Waals surface area contributed by atoms with Crippen molar-refractivity contribution in [3.05, 3.63) is 101 Å². The number of nitrogens with one attached hydrogen (secondary N) is 1. The lowest BCUT2D eigenvalue weighted by molar-refractivity contribution is -0.152. The number of aliphatic hydroxyl groups is 1. The van der Waals surface area contributed by atoms with Crippen LogP contribution >= 0.6 is 0 Å². The second-order valence-electron chi connectivity index (χ2n) is 11.7. The van der Waals surface area contributed by atoms with Crippen molar-refractivity contribution in [1.29, 1.82) is 0 Å². The van der Waals surface area contributed by atoms with Gasteiger partial charge in [0, 0.05) is 28.6 Å². The van der Waals surface area contributed by atoms with Crippen LogP contribution in [0.15, 0.2) is 78.6 Å². The van der Waals surface area contributed by atoms with E-state index in [4.69, 9.17) is 4.74 Å². The topological polar surface area (TPSA) is 80.6 Å². The van der Waals surface area contributed by atoms with E-state index in [9.17, 15) is 14.7 Å². The lowest BCUT2D eigenvalue weighted by Crippen LogP contribution is -2.53. The van der Waals surface area contributed by atoms with E-state index in [-0.39, 0.29) is 24.2 Å². The molecule has 1 fully saturated rings. The molecule has 220 valence electrons. The summed E-state index contributed by atoms with van der Waals surface area (Å²) in [7, 11) is 0. The van der Waals surface area contributed by atoms with Gasteiger partial charge in [-0.05, 0) is 80.4 Å². The first kappa shape index (κ1) is 29.4. The minimum Gasteiger partial charge on any atom is -0.513 e. The highest BCUT2D eigenvalue weighted by Gasteiger charge is 2.44. The Morgan fingerprint density at radius 3 is 2.57 bits per heavy atom. The van der Waals surface area contributed by atoms with E-state index in [2.05, 4.69) is 29.5 Å². The van der Waals surface area contributed by atoms with Gasteiger partial charge in [-0.3, -0.25) is 4.79 Å². The van der Waals surface area contributed by atoms with Crippen molar-refractivity contribution in [2.24, 2.45) is 0 Å². The third-order valence-electron chi connectivity index (χ3n) is 8.64. The normalized spacial score (nSPS) is 16.7. The molecule has 0 bridgehead atoms. The van der Waals surface area contributed by atoms with Gasteiger partial charge < -0.3 is 19.7 Å². The molecule has 2 aliphatic rings. The number of nitrogens with zero attached hydrogens (tertiary/aromatic N) is 1. The van der Waals surface area contributed by atoms with Crippen LogP contribution in [0.1, 0.15) is 92.4 Å². The van der Waals surface area contributed by atoms with Gasteiger partial charge in [0.15, 0.2) is 0 Å². The van der Waals surface area contributed by atoms with Gasteiger partial charge in [-0.2, -0.15) is 0 Å². The molecule has 0 atom stereocenters. The second-order valence-corrected chi connectivity index (χ2v) is 11.7. The molecule has 2 heterocycles. The number of esters is 1. The number of benzene rings is 2. The van der Waals surface area contributed by atoms with Crippen LogP contribution in [0.25, 0.3) is 16.5 Å². The molecule has 0 radical (unpaired) electrons. The zero-order valence-electron chi connectivity index (χ0n) is 24.9. The Labute approximate surface area is 248 Å². The third kappa shape index (κ3) is 5.94. The number of ether oxygens (including phenoxy) is 1. The number of hydrogen-bond donors (Lipinski definition) is 2. The SMILES string of the molecule is C=CC1=C(/C=C(\C)O)CCCn2c1c(CCCC)c1ccc(C(=O)NC3(C(=O)OCc4ccccc4)CCCC3)cc12. The van der Waals surface area contributed by atoms with Crippen molar-refractivity contribution in [3.8, 4) is 0 Å². The van der Waals surface area contributed by atoms with Crippen LogP contribution in [0.5, 0.6) is 0 Å². The summed E-state index contributed by atoms with van der Waals surface area (Å²) >= 11 is 0. The average Bonchev–Trinajstić information content (AvgIpc) is 3.53. The summed E-state index contributed by atoms with van der Waals surface area (Å²) in [4.78, 5) is 27.1. The fourth-order valence-electron chi connectivity index (χ4n) is 6.56. The van der Waals surface area contributed by atoms with Crippen molar-refractivity contribution in [2.75, 3.05) is 0 Å². The predicted molar refractivity (Wildman–Crippen MR) is 168 cm³/mol. The molecule has 1 aliphatic heterocycles. The van der Waals surface area contributed by atoms with Crippen LogP contribution in [0.4, 0.5) is 0 Å². The van der Waals surface area contributed by atoms with E-state index in [1.807, 2.05) is 54.6 Å². The zero-order valence-corrected chi connectivity index (χ0v) is 24.9. The van der Waals surface area contributed by atoms with Crippen molar-refractivity contribution in [1.82, 2.24) is 9.88 Å². The van der Waals surface area contributed by atoms with E-state index < -0.39 is 5.54 Å². The van der Waals surface area contributed by atoms with Crippen molar-refractivity contribution < 1.29 is 19.4 Å². The molecule has 3 aromatic rings.